The highest BCUT2D eigenvalue weighted by molar-refractivity contribution is 5.80. The first-order chi connectivity index (χ1) is 10.2. The molecule has 0 radical (unpaired) electrons. The van der Waals surface area contributed by atoms with E-state index in [2.05, 4.69) is 10.3 Å². The highest BCUT2D eigenvalue weighted by Gasteiger charge is 2.11. The maximum atomic E-state index is 12.2. The summed E-state index contributed by atoms with van der Waals surface area (Å²) in [6.45, 7) is 2.26. The van der Waals surface area contributed by atoms with Gasteiger partial charge in [0.05, 0.1) is 23.4 Å². The van der Waals surface area contributed by atoms with Crippen LogP contribution in [0, 0.1) is 0 Å². The molecule has 1 atom stereocenters. The summed E-state index contributed by atoms with van der Waals surface area (Å²) in [7, 11) is 0. The summed E-state index contributed by atoms with van der Waals surface area (Å²) in [6, 6.07) is 17.7. The normalized spacial score (nSPS) is 12.2. The van der Waals surface area contributed by atoms with Crippen molar-refractivity contribution in [1.29, 1.82) is 0 Å². The Labute approximate surface area is 123 Å². The summed E-state index contributed by atoms with van der Waals surface area (Å²) < 4.78 is 1.86. The highest BCUT2D eigenvalue weighted by atomic mass is 16.2. The van der Waals surface area contributed by atoms with Gasteiger partial charge in [0.25, 0.3) is 0 Å². The van der Waals surface area contributed by atoms with Gasteiger partial charge in [0, 0.05) is 0 Å². The zero-order valence-corrected chi connectivity index (χ0v) is 11.9. The third kappa shape index (κ3) is 2.94. The summed E-state index contributed by atoms with van der Waals surface area (Å²) in [5, 5.41) is 3.01. The second kappa shape index (κ2) is 5.79. The minimum Gasteiger partial charge on any atom is -0.348 e. The lowest BCUT2D eigenvalue weighted by Crippen LogP contribution is -2.29. The smallest absolute Gasteiger partial charge is 0.240 e. The van der Waals surface area contributed by atoms with Gasteiger partial charge in [-0.25, -0.2) is 4.98 Å². The molecular formula is C17H17N3O. The molecule has 0 aliphatic rings. The minimum absolute atomic E-state index is 0.00603. The zero-order valence-electron chi connectivity index (χ0n) is 11.9. The van der Waals surface area contributed by atoms with Gasteiger partial charge in [-0.1, -0.05) is 42.5 Å². The van der Waals surface area contributed by atoms with Gasteiger partial charge in [-0.2, -0.15) is 0 Å². The van der Waals surface area contributed by atoms with Crippen molar-refractivity contribution in [2.24, 2.45) is 0 Å². The molecule has 106 valence electrons. The number of carbonyl (C=O) groups is 1. The molecule has 1 heterocycles. The van der Waals surface area contributed by atoms with Crippen LogP contribution in [0.1, 0.15) is 18.5 Å². The Hall–Kier alpha value is -2.62. The topological polar surface area (TPSA) is 46.9 Å². The molecule has 0 saturated heterocycles. The van der Waals surface area contributed by atoms with Crippen LogP contribution in [-0.4, -0.2) is 15.5 Å². The van der Waals surface area contributed by atoms with Gasteiger partial charge in [0.2, 0.25) is 5.91 Å². The van der Waals surface area contributed by atoms with Crippen molar-refractivity contribution >= 4 is 16.9 Å². The van der Waals surface area contributed by atoms with Crippen LogP contribution in [0.15, 0.2) is 60.9 Å². The number of fused-ring (bicyclic) bond motifs is 1. The SMILES string of the molecule is C[C@@H](NC(=O)Cn1cnc2ccccc21)c1ccccc1. The number of nitrogens with zero attached hydrogens (tertiary/aromatic N) is 2. The number of imidazole rings is 1. The van der Waals surface area contributed by atoms with Crippen LogP contribution >= 0.6 is 0 Å². The maximum absolute atomic E-state index is 12.2. The molecule has 1 amide bonds. The summed E-state index contributed by atoms with van der Waals surface area (Å²) in [4.78, 5) is 16.5. The molecule has 2 aromatic carbocycles. The molecule has 0 aliphatic carbocycles. The van der Waals surface area contributed by atoms with Gasteiger partial charge in [0.1, 0.15) is 6.54 Å². The number of hydrogen-bond acceptors (Lipinski definition) is 2. The number of carbonyl (C=O) groups excluding carboxylic acids is 1. The van der Waals surface area contributed by atoms with Crippen LogP contribution in [0.4, 0.5) is 0 Å². The summed E-state index contributed by atoms with van der Waals surface area (Å²) in [5.74, 6) is -0.0190. The molecule has 21 heavy (non-hydrogen) atoms. The number of para-hydroxylation sites is 2. The van der Waals surface area contributed by atoms with E-state index in [0.717, 1.165) is 16.6 Å². The Morgan fingerprint density at radius 3 is 2.67 bits per heavy atom. The van der Waals surface area contributed by atoms with Crippen LogP contribution in [0.2, 0.25) is 0 Å². The van der Waals surface area contributed by atoms with E-state index in [0.29, 0.717) is 0 Å². The lowest BCUT2D eigenvalue weighted by molar-refractivity contribution is -0.122. The average molecular weight is 279 g/mol. The Bertz CT molecular complexity index is 749. The fraction of sp³-hybridized carbons (Fsp3) is 0.176. The molecule has 1 aromatic heterocycles. The molecule has 1 N–H and O–H groups in total. The first-order valence-corrected chi connectivity index (χ1v) is 6.98. The van der Waals surface area contributed by atoms with Crippen LogP contribution in [-0.2, 0) is 11.3 Å². The van der Waals surface area contributed by atoms with Crippen molar-refractivity contribution in [2.45, 2.75) is 19.5 Å². The van der Waals surface area contributed by atoms with Crippen LogP contribution in [0.25, 0.3) is 11.0 Å². The number of rotatable bonds is 4. The van der Waals surface area contributed by atoms with E-state index in [-0.39, 0.29) is 18.5 Å². The quantitative estimate of drug-likeness (QED) is 0.798. The molecule has 4 nitrogen and oxygen atoms in total. The molecule has 0 saturated carbocycles. The van der Waals surface area contributed by atoms with Crippen molar-refractivity contribution in [1.82, 2.24) is 14.9 Å². The van der Waals surface area contributed by atoms with Crippen LogP contribution in [0.5, 0.6) is 0 Å². The molecule has 0 bridgehead atoms. The summed E-state index contributed by atoms with van der Waals surface area (Å²) in [6.07, 6.45) is 1.71. The van der Waals surface area contributed by atoms with Crippen molar-refractivity contribution in [3.05, 3.63) is 66.5 Å². The van der Waals surface area contributed by atoms with E-state index in [4.69, 9.17) is 0 Å². The van der Waals surface area contributed by atoms with E-state index in [1.54, 1.807) is 6.33 Å². The number of aromatic nitrogens is 2. The fourth-order valence-corrected chi connectivity index (χ4v) is 2.40. The number of hydrogen-bond donors (Lipinski definition) is 1. The lowest BCUT2D eigenvalue weighted by Gasteiger charge is -2.14. The summed E-state index contributed by atoms with van der Waals surface area (Å²) >= 11 is 0. The third-order valence-electron chi connectivity index (χ3n) is 3.52. The van der Waals surface area contributed by atoms with Crippen molar-refractivity contribution in [3.8, 4) is 0 Å². The van der Waals surface area contributed by atoms with Gasteiger partial charge in [0.15, 0.2) is 0 Å². The molecule has 4 heteroatoms. The highest BCUT2D eigenvalue weighted by Crippen LogP contribution is 2.13. The molecule has 0 unspecified atom stereocenters. The Morgan fingerprint density at radius 1 is 1.14 bits per heavy atom. The number of nitrogens with one attached hydrogen (secondary N) is 1. The Balaban J connectivity index is 1.69. The van der Waals surface area contributed by atoms with E-state index < -0.39 is 0 Å². The molecule has 0 spiro atoms. The predicted octanol–water partition coefficient (Wildman–Crippen LogP) is 2.91. The Morgan fingerprint density at radius 2 is 1.86 bits per heavy atom. The van der Waals surface area contributed by atoms with E-state index in [1.807, 2.05) is 66.1 Å². The first-order valence-electron chi connectivity index (χ1n) is 6.98. The molecule has 0 fully saturated rings. The van der Waals surface area contributed by atoms with Gasteiger partial charge in [-0.15, -0.1) is 0 Å². The average Bonchev–Trinajstić information content (AvgIpc) is 2.91. The van der Waals surface area contributed by atoms with E-state index >= 15 is 0 Å². The largest absolute Gasteiger partial charge is 0.348 e. The van der Waals surface area contributed by atoms with Crippen LogP contribution < -0.4 is 5.32 Å². The van der Waals surface area contributed by atoms with Crippen LogP contribution in [0.3, 0.4) is 0 Å². The van der Waals surface area contributed by atoms with Gasteiger partial charge < -0.3 is 9.88 Å². The standard InChI is InChI=1S/C17H17N3O/c1-13(14-7-3-2-4-8-14)19-17(21)11-20-12-18-15-9-5-6-10-16(15)20/h2-10,12-13H,11H2,1H3,(H,19,21)/t13-/m1/s1. The molecule has 0 aliphatic heterocycles. The maximum Gasteiger partial charge on any atom is 0.240 e. The second-order valence-electron chi connectivity index (χ2n) is 5.06. The first kappa shape index (κ1) is 13.4. The number of amides is 1. The van der Waals surface area contributed by atoms with Crippen molar-refractivity contribution in [2.75, 3.05) is 0 Å². The van der Waals surface area contributed by atoms with E-state index in [1.165, 1.54) is 0 Å². The fourth-order valence-electron chi connectivity index (χ4n) is 2.40. The van der Waals surface area contributed by atoms with Gasteiger partial charge in [-0.05, 0) is 24.6 Å². The molecule has 3 aromatic rings. The van der Waals surface area contributed by atoms with Crippen molar-refractivity contribution in [3.63, 3.8) is 0 Å². The Kier molecular flexibility index (Phi) is 3.69. The lowest BCUT2D eigenvalue weighted by atomic mass is 10.1. The van der Waals surface area contributed by atoms with Gasteiger partial charge >= 0.3 is 0 Å². The molecular weight excluding hydrogens is 262 g/mol. The predicted molar refractivity (Wildman–Crippen MR) is 82.7 cm³/mol. The zero-order chi connectivity index (χ0) is 14.7. The van der Waals surface area contributed by atoms with Crippen molar-refractivity contribution < 1.29 is 4.79 Å². The third-order valence-corrected chi connectivity index (χ3v) is 3.52. The monoisotopic (exact) mass is 279 g/mol. The summed E-state index contributed by atoms with van der Waals surface area (Å²) in [5.41, 5.74) is 2.97. The minimum atomic E-state index is -0.0190. The van der Waals surface area contributed by atoms with Gasteiger partial charge in [-0.3, -0.25) is 4.79 Å². The second-order valence-corrected chi connectivity index (χ2v) is 5.06. The van der Waals surface area contributed by atoms with E-state index in [9.17, 15) is 4.79 Å². The number of benzene rings is 2. The molecule has 3 rings (SSSR count).